The van der Waals surface area contributed by atoms with E-state index in [9.17, 15) is 8.42 Å². The van der Waals surface area contributed by atoms with Crippen LogP contribution in [0.3, 0.4) is 0 Å². The van der Waals surface area contributed by atoms with E-state index in [2.05, 4.69) is 20.2 Å². The van der Waals surface area contributed by atoms with Crippen molar-refractivity contribution >= 4 is 10.0 Å². The van der Waals surface area contributed by atoms with Crippen molar-refractivity contribution in [2.75, 3.05) is 19.3 Å². The van der Waals surface area contributed by atoms with E-state index in [1.165, 1.54) is 0 Å². The summed E-state index contributed by atoms with van der Waals surface area (Å²) in [4.78, 5) is 0. The molecule has 6 nitrogen and oxygen atoms in total. The molecule has 0 fully saturated rings. The number of sulfonamides is 1. The van der Waals surface area contributed by atoms with Crippen LogP contribution >= 0.6 is 0 Å². The predicted octanol–water partition coefficient (Wildman–Crippen LogP) is -0.335. The smallest absolute Gasteiger partial charge is 0.208 e. The zero-order chi connectivity index (χ0) is 12.2. The third kappa shape index (κ3) is 4.30. The van der Waals surface area contributed by atoms with E-state index in [4.69, 9.17) is 0 Å². The fraction of sp³-hybridized carbons (Fsp3) is 0.667. The highest BCUT2D eigenvalue weighted by Gasteiger charge is 2.05. The molecule has 0 saturated carbocycles. The number of aromatic nitrogens is 2. The minimum absolute atomic E-state index is 0.398. The normalized spacial score (nSPS) is 11.9. The molecule has 0 saturated heterocycles. The van der Waals surface area contributed by atoms with Crippen molar-refractivity contribution in [3.05, 3.63) is 17.0 Å². The van der Waals surface area contributed by atoms with Crippen molar-refractivity contribution < 1.29 is 8.42 Å². The highest BCUT2D eigenvalue weighted by molar-refractivity contribution is 7.88. The Morgan fingerprint density at radius 3 is 2.50 bits per heavy atom. The molecule has 16 heavy (non-hydrogen) atoms. The fourth-order valence-corrected chi connectivity index (χ4v) is 1.85. The summed E-state index contributed by atoms with van der Waals surface area (Å²) in [7, 11) is -3.08. The van der Waals surface area contributed by atoms with Crippen LogP contribution in [-0.2, 0) is 16.6 Å². The van der Waals surface area contributed by atoms with Crippen LogP contribution in [0, 0.1) is 13.8 Å². The Morgan fingerprint density at radius 1 is 1.31 bits per heavy atom. The first-order valence-electron chi connectivity index (χ1n) is 5.06. The van der Waals surface area contributed by atoms with Gasteiger partial charge in [-0.3, -0.25) is 5.10 Å². The molecule has 0 atom stereocenters. The quantitative estimate of drug-likeness (QED) is 0.600. The number of H-pyrrole nitrogens is 1. The standard InChI is InChI=1S/C9H18N4O2S/c1-7-9(8(2)13-12-7)6-10-4-5-11-16(3,14)15/h10-11H,4-6H2,1-3H3,(H,12,13). The molecule has 0 aliphatic carbocycles. The number of nitrogens with zero attached hydrogens (tertiary/aromatic N) is 1. The highest BCUT2D eigenvalue weighted by Crippen LogP contribution is 2.07. The lowest BCUT2D eigenvalue weighted by Gasteiger charge is -2.05. The summed E-state index contributed by atoms with van der Waals surface area (Å²) in [5.41, 5.74) is 3.15. The van der Waals surface area contributed by atoms with Gasteiger partial charge in [0.05, 0.1) is 11.9 Å². The van der Waals surface area contributed by atoms with Gasteiger partial charge < -0.3 is 5.32 Å². The maximum absolute atomic E-state index is 10.8. The summed E-state index contributed by atoms with van der Waals surface area (Å²) in [5, 5.41) is 10.1. The molecule has 0 bridgehead atoms. The lowest BCUT2D eigenvalue weighted by atomic mass is 10.2. The summed E-state index contributed by atoms with van der Waals surface area (Å²) in [6, 6.07) is 0. The van der Waals surface area contributed by atoms with Gasteiger partial charge in [0.1, 0.15) is 0 Å². The van der Waals surface area contributed by atoms with Crippen LogP contribution in [0.5, 0.6) is 0 Å². The van der Waals surface area contributed by atoms with E-state index < -0.39 is 10.0 Å². The molecule has 3 N–H and O–H groups in total. The molecule has 0 radical (unpaired) electrons. The van der Waals surface area contributed by atoms with Crippen LogP contribution in [0.1, 0.15) is 17.0 Å². The molecule has 1 rings (SSSR count). The first-order valence-corrected chi connectivity index (χ1v) is 6.95. The highest BCUT2D eigenvalue weighted by atomic mass is 32.2. The maximum Gasteiger partial charge on any atom is 0.208 e. The molecule has 0 aliphatic rings. The van der Waals surface area contributed by atoms with Gasteiger partial charge in [0.25, 0.3) is 0 Å². The number of rotatable bonds is 6. The van der Waals surface area contributed by atoms with Gasteiger partial charge in [-0.2, -0.15) is 5.10 Å². The molecule has 1 heterocycles. The Labute approximate surface area is 95.9 Å². The van der Waals surface area contributed by atoms with Crippen LogP contribution < -0.4 is 10.0 Å². The number of hydrogen-bond donors (Lipinski definition) is 3. The van der Waals surface area contributed by atoms with Crippen LogP contribution in [0.15, 0.2) is 0 Å². The molecule has 1 aromatic rings. The summed E-state index contributed by atoms with van der Waals surface area (Å²) in [5.74, 6) is 0. The lowest BCUT2D eigenvalue weighted by Crippen LogP contribution is -2.30. The molecular formula is C9H18N4O2S. The van der Waals surface area contributed by atoms with E-state index in [-0.39, 0.29) is 0 Å². The van der Waals surface area contributed by atoms with Crippen molar-refractivity contribution in [2.45, 2.75) is 20.4 Å². The Morgan fingerprint density at radius 2 is 2.00 bits per heavy atom. The minimum atomic E-state index is -3.08. The van der Waals surface area contributed by atoms with Crippen LogP contribution in [0.25, 0.3) is 0 Å². The molecular weight excluding hydrogens is 228 g/mol. The zero-order valence-electron chi connectivity index (χ0n) is 9.79. The summed E-state index contributed by atoms with van der Waals surface area (Å²) in [6.45, 7) is 5.59. The summed E-state index contributed by atoms with van der Waals surface area (Å²) < 4.78 is 24.0. The van der Waals surface area contributed by atoms with Gasteiger partial charge >= 0.3 is 0 Å². The first-order chi connectivity index (χ1) is 7.40. The Bertz CT molecular complexity index is 419. The SMILES string of the molecule is Cc1n[nH]c(C)c1CNCCNS(C)(=O)=O. The van der Waals surface area contributed by atoms with Gasteiger partial charge in [-0.05, 0) is 13.8 Å². The van der Waals surface area contributed by atoms with Gasteiger partial charge in [-0.1, -0.05) is 0 Å². The average Bonchev–Trinajstić information content (AvgIpc) is 2.46. The van der Waals surface area contributed by atoms with E-state index >= 15 is 0 Å². The molecule has 0 aromatic carbocycles. The van der Waals surface area contributed by atoms with E-state index in [0.717, 1.165) is 23.2 Å². The molecule has 92 valence electrons. The van der Waals surface area contributed by atoms with Gasteiger partial charge in [-0.15, -0.1) is 0 Å². The average molecular weight is 246 g/mol. The summed E-state index contributed by atoms with van der Waals surface area (Å²) in [6.07, 6.45) is 1.15. The first kappa shape index (κ1) is 13.1. The summed E-state index contributed by atoms with van der Waals surface area (Å²) >= 11 is 0. The molecule has 7 heteroatoms. The Kier molecular flexibility index (Phi) is 4.45. The molecule has 0 unspecified atom stereocenters. The molecule has 1 aromatic heterocycles. The van der Waals surface area contributed by atoms with E-state index in [1.54, 1.807) is 0 Å². The van der Waals surface area contributed by atoms with Crippen LogP contribution in [0.2, 0.25) is 0 Å². The topological polar surface area (TPSA) is 86.9 Å². The number of aromatic amines is 1. The van der Waals surface area contributed by atoms with Crippen molar-refractivity contribution in [1.82, 2.24) is 20.2 Å². The Balaban J connectivity index is 2.27. The predicted molar refractivity (Wildman–Crippen MR) is 62.6 cm³/mol. The second-order valence-corrected chi connectivity index (χ2v) is 5.59. The van der Waals surface area contributed by atoms with Gasteiger partial charge in [-0.25, -0.2) is 13.1 Å². The van der Waals surface area contributed by atoms with Crippen molar-refractivity contribution in [2.24, 2.45) is 0 Å². The van der Waals surface area contributed by atoms with Crippen molar-refractivity contribution in [3.8, 4) is 0 Å². The maximum atomic E-state index is 10.8. The van der Waals surface area contributed by atoms with E-state index in [0.29, 0.717) is 19.6 Å². The fourth-order valence-electron chi connectivity index (χ4n) is 1.37. The Hall–Kier alpha value is -0.920. The molecule has 0 aliphatic heterocycles. The third-order valence-electron chi connectivity index (χ3n) is 2.25. The second kappa shape index (κ2) is 5.42. The number of aryl methyl sites for hydroxylation is 2. The largest absolute Gasteiger partial charge is 0.311 e. The minimum Gasteiger partial charge on any atom is -0.311 e. The monoisotopic (exact) mass is 246 g/mol. The van der Waals surface area contributed by atoms with Gasteiger partial charge in [0, 0.05) is 30.9 Å². The van der Waals surface area contributed by atoms with Gasteiger partial charge in [0.15, 0.2) is 0 Å². The second-order valence-electron chi connectivity index (χ2n) is 3.76. The zero-order valence-corrected chi connectivity index (χ0v) is 10.6. The van der Waals surface area contributed by atoms with E-state index in [1.807, 2.05) is 13.8 Å². The third-order valence-corrected chi connectivity index (χ3v) is 2.98. The van der Waals surface area contributed by atoms with Gasteiger partial charge in [0.2, 0.25) is 10.0 Å². The molecule has 0 spiro atoms. The van der Waals surface area contributed by atoms with Crippen LogP contribution in [0.4, 0.5) is 0 Å². The van der Waals surface area contributed by atoms with Crippen molar-refractivity contribution in [1.29, 1.82) is 0 Å². The number of nitrogens with one attached hydrogen (secondary N) is 3. The number of hydrogen-bond acceptors (Lipinski definition) is 4. The van der Waals surface area contributed by atoms with Crippen molar-refractivity contribution in [3.63, 3.8) is 0 Å². The lowest BCUT2D eigenvalue weighted by molar-refractivity contribution is 0.581. The molecule has 0 amide bonds. The van der Waals surface area contributed by atoms with Crippen LogP contribution in [-0.4, -0.2) is 38.0 Å².